The molecule has 8 heteroatoms. The second-order valence-corrected chi connectivity index (χ2v) is 7.20. The Kier molecular flexibility index (Phi) is 5.86. The summed E-state index contributed by atoms with van der Waals surface area (Å²) in [4.78, 5) is 16.3. The fraction of sp³-hybridized carbons (Fsp3) is 0.474. The molecule has 6 nitrogen and oxygen atoms in total. The van der Waals surface area contributed by atoms with Crippen molar-refractivity contribution in [2.45, 2.75) is 31.4 Å². The minimum absolute atomic E-state index is 0.150. The van der Waals surface area contributed by atoms with Crippen molar-refractivity contribution in [3.63, 3.8) is 0 Å². The zero-order valence-electron chi connectivity index (χ0n) is 15.3. The van der Waals surface area contributed by atoms with Gasteiger partial charge >= 0.3 is 0 Å². The molecule has 2 N–H and O–H groups in total. The van der Waals surface area contributed by atoms with Crippen molar-refractivity contribution in [3.8, 4) is 0 Å². The monoisotopic (exact) mass is 378 g/mol. The molecule has 1 aromatic carbocycles. The number of nitrogens with one attached hydrogen (secondary N) is 1. The summed E-state index contributed by atoms with van der Waals surface area (Å²) < 4.78 is 26.5. The average molecular weight is 378 g/mol. The lowest BCUT2D eigenvalue weighted by Crippen LogP contribution is -2.58. The summed E-state index contributed by atoms with van der Waals surface area (Å²) in [5.41, 5.74) is 0.0886. The van der Waals surface area contributed by atoms with Crippen molar-refractivity contribution >= 4 is 5.91 Å². The molecule has 0 bridgehead atoms. The molecular weight excluding hydrogens is 354 g/mol. The number of aliphatic hydroxyl groups is 1. The highest BCUT2D eigenvalue weighted by Crippen LogP contribution is 2.25. The number of hydrogen-bond acceptors (Lipinski definition) is 4. The van der Waals surface area contributed by atoms with Gasteiger partial charge in [0.2, 0.25) is 0 Å². The van der Waals surface area contributed by atoms with E-state index in [9.17, 15) is 18.7 Å². The van der Waals surface area contributed by atoms with Gasteiger partial charge in [0.25, 0.3) is 5.91 Å². The summed E-state index contributed by atoms with van der Waals surface area (Å²) in [6.07, 6.45) is 5.36. The fourth-order valence-corrected chi connectivity index (χ4v) is 3.48. The largest absolute Gasteiger partial charge is 0.379 e. The van der Waals surface area contributed by atoms with E-state index < -0.39 is 17.2 Å². The first-order chi connectivity index (χ1) is 12.9. The lowest BCUT2D eigenvalue weighted by molar-refractivity contribution is -0.159. The van der Waals surface area contributed by atoms with Crippen LogP contribution in [-0.2, 0) is 17.8 Å². The first-order valence-electron chi connectivity index (χ1n) is 8.99. The van der Waals surface area contributed by atoms with Crippen molar-refractivity contribution < 1.29 is 18.7 Å². The predicted molar refractivity (Wildman–Crippen MR) is 95.7 cm³/mol. The zero-order valence-corrected chi connectivity index (χ0v) is 15.3. The fourth-order valence-electron chi connectivity index (χ4n) is 3.48. The van der Waals surface area contributed by atoms with Crippen molar-refractivity contribution in [1.82, 2.24) is 20.0 Å². The molecule has 1 aliphatic heterocycles. The molecule has 2 aromatic rings. The second kappa shape index (κ2) is 8.14. The summed E-state index contributed by atoms with van der Waals surface area (Å²) in [5, 5.41) is 17.6. The van der Waals surface area contributed by atoms with Gasteiger partial charge in [-0.3, -0.25) is 9.89 Å². The van der Waals surface area contributed by atoms with Crippen LogP contribution in [0.5, 0.6) is 0 Å². The van der Waals surface area contributed by atoms with Crippen LogP contribution in [0.25, 0.3) is 0 Å². The van der Waals surface area contributed by atoms with Crippen LogP contribution in [0.15, 0.2) is 30.6 Å². The minimum atomic E-state index is -1.47. The number of likely N-dealkylation sites (N-methyl/N-ethyl adjacent to an activating group) is 1. The second-order valence-electron chi connectivity index (χ2n) is 7.20. The Balaban J connectivity index is 1.60. The highest BCUT2D eigenvalue weighted by molar-refractivity contribution is 5.86. The molecule has 1 fully saturated rings. The quantitative estimate of drug-likeness (QED) is 0.770. The Labute approximate surface area is 156 Å². The molecule has 1 amide bonds. The number of halogens is 2. The van der Waals surface area contributed by atoms with Gasteiger partial charge in [0.15, 0.2) is 17.2 Å². The Morgan fingerprint density at radius 2 is 2.15 bits per heavy atom. The summed E-state index contributed by atoms with van der Waals surface area (Å²) >= 11 is 0. The number of benzene rings is 1. The summed E-state index contributed by atoms with van der Waals surface area (Å²) in [6.45, 7) is 1.53. The van der Waals surface area contributed by atoms with E-state index in [4.69, 9.17) is 0 Å². The molecule has 0 unspecified atom stereocenters. The molecule has 1 saturated heterocycles. The Morgan fingerprint density at radius 1 is 1.33 bits per heavy atom. The molecule has 0 radical (unpaired) electrons. The van der Waals surface area contributed by atoms with Crippen molar-refractivity contribution in [2.24, 2.45) is 0 Å². The van der Waals surface area contributed by atoms with E-state index in [0.29, 0.717) is 31.5 Å². The number of carbonyl (C=O) groups is 1. The lowest BCUT2D eigenvalue weighted by Gasteiger charge is -2.40. The molecular formula is C19H24F2N4O2. The average Bonchev–Trinajstić information content (AvgIpc) is 3.14. The molecule has 27 heavy (non-hydrogen) atoms. The Bertz CT molecular complexity index is 784. The number of rotatable bonds is 7. The van der Waals surface area contributed by atoms with E-state index in [1.165, 1.54) is 11.0 Å². The van der Waals surface area contributed by atoms with Gasteiger partial charge in [-0.05, 0) is 49.6 Å². The van der Waals surface area contributed by atoms with Gasteiger partial charge in [0.05, 0.1) is 6.20 Å². The first kappa shape index (κ1) is 19.4. The van der Waals surface area contributed by atoms with E-state index >= 15 is 0 Å². The number of aromatic amines is 1. The Hall–Kier alpha value is -2.32. The number of nitrogens with zero attached hydrogens (tertiary/aromatic N) is 3. The number of piperidine rings is 1. The minimum Gasteiger partial charge on any atom is -0.379 e. The van der Waals surface area contributed by atoms with E-state index in [1.807, 2.05) is 18.1 Å². The molecule has 1 atom stereocenters. The predicted octanol–water partition coefficient (Wildman–Crippen LogP) is 1.72. The van der Waals surface area contributed by atoms with Crippen molar-refractivity contribution in [2.75, 3.05) is 26.7 Å². The number of carbonyl (C=O) groups excluding carboxylic acids is 1. The molecule has 0 aliphatic carbocycles. The Morgan fingerprint density at radius 3 is 2.85 bits per heavy atom. The van der Waals surface area contributed by atoms with Crippen LogP contribution in [0.3, 0.4) is 0 Å². The molecule has 1 aromatic heterocycles. The number of H-pyrrole nitrogens is 1. The number of amides is 1. The van der Waals surface area contributed by atoms with Gasteiger partial charge in [0.1, 0.15) is 0 Å². The van der Waals surface area contributed by atoms with Crippen LogP contribution < -0.4 is 0 Å². The SMILES string of the molecule is CN(CCc1cn[nH]c1)C[C@@]1(O)CCCN(Cc2ccc(F)c(F)c2)C1=O. The first-order valence-corrected chi connectivity index (χ1v) is 8.99. The third-order valence-electron chi connectivity index (χ3n) is 4.93. The normalized spacial score (nSPS) is 20.5. The summed E-state index contributed by atoms with van der Waals surface area (Å²) in [7, 11) is 1.86. The van der Waals surface area contributed by atoms with Gasteiger partial charge in [-0.1, -0.05) is 6.07 Å². The summed E-state index contributed by atoms with van der Waals surface area (Å²) in [6, 6.07) is 3.60. The molecule has 0 spiro atoms. The number of likely N-dealkylation sites (tertiary alicyclic amines) is 1. The van der Waals surface area contributed by atoms with Crippen LogP contribution in [0.2, 0.25) is 0 Å². The van der Waals surface area contributed by atoms with Gasteiger partial charge in [0, 0.05) is 32.4 Å². The zero-order chi connectivity index (χ0) is 19.4. The molecule has 3 rings (SSSR count). The highest BCUT2D eigenvalue weighted by atomic mass is 19.2. The van der Waals surface area contributed by atoms with E-state index in [-0.39, 0.29) is 19.0 Å². The van der Waals surface area contributed by atoms with Crippen molar-refractivity contribution in [1.29, 1.82) is 0 Å². The van der Waals surface area contributed by atoms with E-state index in [1.54, 1.807) is 6.20 Å². The van der Waals surface area contributed by atoms with Crippen LogP contribution in [0, 0.1) is 11.6 Å². The van der Waals surface area contributed by atoms with Gasteiger partial charge < -0.3 is 14.9 Å². The lowest BCUT2D eigenvalue weighted by atomic mass is 9.90. The maximum absolute atomic E-state index is 13.4. The standard InChI is InChI=1S/C19H24F2N4O2/c1-24(8-5-15-10-22-23-11-15)13-19(27)6-2-7-25(18(19)26)12-14-3-4-16(20)17(21)9-14/h3-4,9-11,27H,2,5-8,12-13H2,1H3,(H,22,23)/t19-/m0/s1. The third kappa shape index (κ3) is 4.70. The maximum Gasteiger partial charge on any atom is 0.256 e. The number of hydrogen-bond donors (Lipinski definition) is 2. The number of aromatic nitrogens is 2. The topological polar surface area (TPSA) is 72.5 Å². The molecule has 146 valence electrons. The van der Waals surface area contributed by atoms with E-state index in [2.05, 4.69) is 10.2 Å². The summed E-state index contributed by atoms with van der Waals surface area (Å²) in [5.74, 6) is -2.22. The van der Waals surface area contributed by atoms with Gasteiger partial charge in [-0.25, -0.2) is 8.78 Å². The maximum atomic E-state index is 13.4. The van der Waals surface area contributed by atoms with Crippen LogP contribution in [0.1, 0.15) is 24.0 Å². The van der Waals surface area contributed by atoms with Crippen LogP contribution >= 0.6 is 0 Å². The van der Waals surface area contributed by atoms with E-state index in [0.717, 1.165) is 24.1 Å². The molecule has 2 heterocycles. The highest BCUT2D eigenvalue weighted by Gasteiger charge is 2.42. The van der Waals surface area contributed by atoms with Crippen LogP contribution in [0.4, 0.5) is 8.78 Å². The molecule has 0 saturated carbocycles. The molecule has 1 aliphatic rings. The van der Waals surface area contributed by atoms with Gasteiger partial charge in [-0.2, -0.15) is 5.10 Å². The third-order valence-corrected chi connectivity index (χ3v) is 4.93. The van der Waals surface area contributed by atoms with Crippen molar-refractivity contribution in [3.05, 3.63) is 53.4 Å². The smallest absolute Gasteiger partial charge is 0.256 e. The van der Waals surface area contributed by atoms with Crippen LogP contribution in [-0.4, -0.2) is 63.3 Å². The van der Waals surface area contributed by atoms with Gasteiger partial charge in [-0.15, -0.1) is 0 Å².